The Morgan fingerprint density at radius 1 is 0.522 bits per heavy atom. The average Bonchev–Trinajstić information content (AvgIpc) is 3.02. The average molecular weight is 605 g/mol. The minimum Gasteiger partial charge on any atom is -0.360 e. The minimum absolute atomic E-state index is 0.0258. The molecule has 2 aliphatic carbocycles. The third-order valence-electron chi connectivity index (χ3n) is 8.58. The smallest absolute Gasteiger partial charge is 0.191 e. The molecule has 0 saturated heterocycles. The quantitative estimate of drug-likeness (QED) is 0.223. The fraction of sp³-hybridized carbons (Fsp3) is 0.190. The fourth-order valence-electron chi connectivity index (χ4n) is 6.15. The Bertz CT molecular complexity index is 1930. The molecule has 4 aromatic carbocycles. The van der Waals surface area contributed by atoms with Gasteiger partial charge < -0.3 is 10.6 Å². The van der Waals surface area contributed by atoms with Gasteiger partial charge in [-0.15, -0.1) is 0 Å². The summed E-state index contributed by atoms with van der Waals surface area (Å²) in [5.74, 6) is 0.0516. The Hall–Kier alpha value is -5.22. The molecule has 4 aromatic rings. The van der Waals surface area contributed by atoms with Crippen molar-refractivity contribution in [2.45, 2.75) is 41.5 Å². The summed E-state index contributed by atoms with van der Waals surface area (Å²) in [6.07, 6.45) is 15.1. The van der Waals surface area contributed by atoms with Gasteiger partial charge in [-0.3, -0.25) is 9.59 Å². The molecule has 0 fully saturated rings. The highest BCUT2D eigenvalue weighted by Crippen LogP contribution is 2.44. The summed E-state index contributed by atoms with van der Waals surface area (Å²) < 4.78 is 0. The molecule has 0 amide bonds. The molecule has 0 saturated carbocycles. The number of hydrogen-bond donors (Lipinski definition) is 2. The summed E-state index contributed by atoms with van der Waals surface area (Å²) in [5.41, 5.74) is 6.03. The Balaban J connectivity index is 1.50. The molecule has 0 aromatic heterocycles. The first kappa shape index (κ1) is 30.8. The predicted octanol–water partition coefficient (Wildman–Crippen LogP) is 10.5. The van der Waals surface area contributed by atoms with Crippen molar-refractivity contribution in [2.75, 3.05) is 10.6 Å². The van der Waals surface area contributed by atoms with Crippen LogP contribution in [-0.4, -0.2) is 11.6 Å². The van der Waals surface area contributed by atoms with Crippen LogP contribution in [0.25, 0.3) is 32.7 Å². The molecule has 6 rings (SSSR count). The number of rotatable bonds is 5. The van der Waals surface area contributed by atoms with Crippen LogP contribution in [-0.2, 0) is 9.59 Å². The maximum atomic E-state index is 13.5. The molecule has 4 nitrogen and oxygen atoms in total. The van der Waals surface area contributed by atoms with Crippen LogP contribution in [0.4, 0.5) is 11.4 Å². The molecule has 0 aliphatic heterocycles. The monoisotopic (exact) mass is 604 g/mol. The lowest BCUT2D eigenvalue weighted by Gasteiger charge is -2.24. The lowest BCUT2D eigenvalue weighted by atomic mass is 9.80. The number of fused-ring (bicyclic) bond motifs is 2. The Labute approximate surface area is 271 Å². The number of anilines is 2. The SMILES string of the molecule is CC(C)(C)C1=CC=C/C(=C/Nc2ccc3ccccc3c2-c2c(N/C=C3/C=CC=C(C(C)(C)C)C3=O)ccc3ccccc23)C1=O. The molecule has 0 atom stereocenters. The molecule has 0 unspecified atom stereocenters. The van der Waals surface area contributed by atoms with Gasteiger partial charge in [0, 0.05) is 57.2 Å². The summed E-state index contributed by atoms with van der Waals surface area (Å²) >= 11 is 0. The molecule has 4 heteroatoms. The lowest BCUT2D eigenvalue weighted by Crippen LogP contribution is -2.21. The Kier molecular flexibility index (Phi) is 7.99. The summed E-state index contributed by atoms with van der Waals surface area (Å²) in [4.78, 5) is 26.9. The molecule has 0 bridgehead atoms. The lowest BCUT2D eigenvalue weighted by molar-refractivity contribution is -0.113. The highest BCUT2D eigenvalue weighted by atomic mass is 16.1. The number of allylic oxidation sites excluding steroid dienone is 10. The zero-order valence-corrected chi connectivity index (χ0v) is 27.4. The van der Waals surface area contributed by atoms with E-state index in [0.29, 0.717) is 11.1 Å². The summed E-state index contributed by atoms with van der Waals surface area (Å²) in [6, 6.07) is 25.0. The fourth-order valence-corrected chi connectivity index (χ4v) is 6.15. The number of Topliss-reactive ketones (excluding diaryl/α,β-unsaturated/α-hetero) is 2. The molecule has 0 heterocycles. The van der Waals surface area contributed by atoms with E-state index in [4.69, 9.17) is 0 Å². The Morgan fingerprint density at radius 2 is 0.913 bits per heavy atom. The molecule has 230 valence electrons. The third kappa shape index (κ3) is 5.91. The van der Waals surface area contributed by atoms with Crippen LogP contribution in [0.3, 0.4) is 0 Å². The highest BCUT2D eigenvalue weighted by molar-refractivity contribution is 6.16. The van der Waals surface area contributed by atoms with Crippen LogP contribution in [0.15, 0.2) is 144 Å². The number of carbonyl (C=O) groups excluding carboxylic acids is 2. The molecule has 46 heavy (non-hydrogen) atoms. The van der Waals surface area contributed by atoms with Gasteiger partial charge in [0.2, 0.25) is 0 Å². The maximum Gasteiger partial charge on any atom is 0.191 e. The standard InChI is InChI=1S/C42H40N2O2/c1-41(2,3)33-19-11-15-29(39(33)45)25-43-35-23-21-27-13-7-9-17-31(27)37(35)38-32-18-10-8-14-28(32)22-24-36(38)44-26-30-16-12-20-34(40(30)46)42(4,5)6/h7-26,43-44H,1-6H3/b29-25-,30-26-. The first-order valence-corrected chi connectivity index (χ1v) is 15.8. The van der Waals surface area contributed by atoms with Gasteiger partial charge >= 0.3 is 0 Å². The van der Waals surface area contributed by atoms with Crippen molar-refractivity contribution in [3.63, 3.8) is 0 Å². The number of carbonyl (C=O) groups is 2. The van der Waals surface area contributed by atoms with Crippen molar-refractivity contribution < 1.29 is 9.59 Å². The Morgan fingerprint density at radius 3 is 1.30 bits per heavy atom. The second kappa shape index (κ2) is 11.9. The van der Waals surface area contributed by atoms with Crippen LogP contribution < -0.4 is 10.6 Å². The van der Waals surface area contributed by atoms with Gasteiger partial charge in [-0.05, 0) is 56.7 Å². The molecule has 0 radical (unpaired) electrons. The summed E-state index contributed by atoms with van der Waals surface area (Å²) in [5, 5.41) is 11.4. The molecule has 0 spiro atoms. The van der Waals surface area contributed by atoms with E-state index in [2.05, 4.69) is 101 Å². The number of benzene rings is 4. The summed E-state index contributed by atoms with van der Waals surface area (Å²) in [7, 11) is 0. The topological polar surface area (TPSA) is 58.2 Å². The van der Waals surface area contributed by atoms with E-state index >= 15 is 0 Å². The van der Waals surface area contributed by atoms with Gasteiger partial charge in [-0.25, -0.2) is 0 Å². The van der Waals surface area contributed by atoms with Crippen LogP contribution >= 0.6 is 0 Å². The van der Waals surface area contributed by atoms with E-state index in [0.717, 1.165) is 55.2 Å². The third-order valence-corrected chi connectivity index (χ3v) is 8.58. The molecular weight excluding hydrogens is 564 g/mol. The zero-order chi connectivity index (χ0) is 32.6. The zero-order valence-electron chi connectivity index (χ0n) is 27.4. The van der Waals surface area contributed by atoms with Crippen LogP contribution in [0.2, 0.25) is 0 Å². The predicted molar refractivity (Wildman–Crippen MR) is 194 cm³/mol. The number of hydrogen-bond acceptors (Lipinski definition) is 4. The van der Waals surface area contributed by atoms with Crippen molar-refractivity contribution in [1.29, 1.82) is 0 Å². The van der Waals surface area contributed by atoms with Crippen LogP contribution in [0.1, 0.15) is 41.5 Å². The molecule has 2 N–H and O–H groups in total. The van der Waals surface area contributed by atoms with E-state index in [1.165, 1.54) is 0 Å². The number of nitrogens with one attached hydrogen (secondary N) is 2. The van der Waals surface area contributed by atoms with Gasteiger partial charge in [0.05, 0.1) is 0 Å². The van der Waals surface area contributed by atoms with Gasteiger partial charge in [0.15, 0.2) is 11.6 Å². The van der Waals surface area contributed by atoms with E-state index in [-0.39, 0.29) is 22.4 Å². The van der Waals surface area contributed by atoms with Gasteiger partial charge in [0.25, 0.3) is 0 Å². The van der Waals surface area contributed by atoms with Crippen LogP contribution in [0.5, 0.6) is 0 Å². The maximum absolute atomic E-state index is 13.5. The van der Waals surface area contributed by atoms with E-state index in [9.17, 15) is 9.59 Å². The first-order valence-electron chi connectivity index (χ1n) is 15.8. The van der Waals surface area contributed by atoms with Crippen molar-refractivity contribution in [3.05, 3.63) is 144 Å². The van der Waals surface area contributed by atoms with Crippen molar-refractivity contribution >= 4 is 44.5 Å². The van der Waals surface area contributed by atoms with Crippen molar-refractivity contribution in [3.8, 4) is 11.1 Å². The second-order valence-electron chi connectivity index (χ2n) is 13.9. The van der Waals surface area contributed by atoms with Crippen molar-refractivity contribution in [1.82, 2.24) is 0 Å². The molecular formula is C42H40N2O2. The van der Waals surface area contributed by atoms with E-state index < -0.39 is 0 Å². The largest absolute Gasteiger partial charge is 0.360 e. The highest BCUT2D eigenvalue weighted by Gasteiger charge is 2.28. The normalized spacial score (nSPS) is 17.2. The van der Waals surface area contributed by atoms with Gasteiger partial charge in [-0.1, -0.05) is 127 Å². The van der Waals surface area contributed by atoms with Gasteiger partial charge in [0.1, 0.15) is 0 Å². The minimum atomic E-state index is -0.259. The first-order chi connectivity index (χ1) is 21.9. The van der Waals surface area contributed by atoms with E-state index in [1.807, 2.05) is 73.1 Å². The number of ketones is 2. The second-order valence-corrected chi connectivity index (χ2v) is 13.9. The van der Waals surface area contributed by atoms with Crippen molar-refractivity contribution in [2.24, 2.45) is 10.8 Å². The van der Waals surface area contributed by atoms with Crippen LogP contribution in [0, 0.1) is 10.8 Å². The summed E-state index contributed by atoms with van der Waals surface area (Å²) in [6.45, 7) is 12.4. The van der Waals surface area contributed by atoms with E-state index in [1.54, 1.807) is 0 Å². The van der Waals surface area contributed by atoms with Gasteiger partial charge in [-0.2, -0.15) is 0 Å². The molecule has 2 aliphatic rings.